The summed E-state index contributed by atoms with van der Waals surface area (Å²) < 4.78 is 16.8. The Morgan fingerprint density at radius 1 is 1.16 bits per heavy atom. The number of phenolic OH excluding ortho intramolecular Hbond substituents is 1. The van der Waals surface area contributed by atoms with Gasteiger partial charge in [0.1, 0.15) is 11.5 Å². The summed E-state index contributed by atoms with van der Waals surface area (Å²) in [6, 6.07) is 4.75. The number of hydrogen-bond donors (Lipinski definition) is 1. The molecule has 1 saturated heterocycles. The lowest BCUT2D eigenvalue weighted by Gasteiger charge is -2.46. The van der Waals surface area contributed by atoms with Crippen LogP contribution in [0.1, 0.15) is 32.3 Å². The minimum absolute atomic E-state index is 0.0606. The van der Waals surface area contributed by atoms with Crippen LogP contribution in [-0.4, -0.2) is 53.5 Å². The third-order valence-electron chi connectivity index (χ3n) is 4.43. The molecule has 136 valence electrons. The van der Waals surface area contributed by atoms with Crippen molar-refractivity contribution < 1.29 is 28.9 Å². The van der Waals surface area contributed by atoms with Crippen molar-refractivity contribution in [3.63, 3.8) is 0 Å². The van der Waals surface area contributed by atoms with Gasteiger partial charge < -0.3 is 19.3 Å². The summed E-state index contributed by atoms with van der Waals surface area (Å²) in [5.74, 6) is -2.94. The average molecular weight is 349 g/mol. The zero-order valence-electron chi connectivity index (χ0n) is 14.5. The van der Waals surface area contributed by atoms with Gasteiger partial charge in [0.05, 0.1) is 6.54 Å². The summed E-state index contributed by atoms with van der Waals surface area (Å²) in [6.07, 6.45) is 1.52. The minimum Gasteiger partial charge on any atom is -0.508 e. The van der Waals surface area contributed by atoms with Crippen LogP contribution in [0.4, 0.5) is 0 Å². The van der Waals surface area contributed by atoms with Crippen LogP contribution in [0, 0.1) is 0 Å². The lowest BCUT2D eigenvalue weighted by Crippen LogP contribution is -2.65. The van der Waals surface area contributed by atoms with Crippen molar-refractivity contribution in [3.05, 3.63) is 23.8 Å². The van der Waals surface area contributed by atoms with Gasteiger partial charge in [-0.15, -0.1) is 0 Å². The number of rotatable bonds is 6. The number of fused-ring (bicyclic) bond motifs is 2. The molecular formula is C18H23NO6. The van der Waals surface area contributed by atoms with Gasteiger partial charge in [-0.1, -0.05) is 19.9 Å². The van der Waals surface area contributed by atoms with Crippen LogP contribution in [0.5, 0.6) is 11.5 Å². The molecule has 0 bridgehead atoms. The Hall–Kier alpha value is -2.28. The molecule has 0 radical (unpaired) electrons. The molecule has 1 fully saturated rings. The highest BCUT2D eigenvalue weighted by molar-refractivity contribution is 6.30. The summed E-state index contributed by atoms with van der Waals surface area (Å²) >= 11 is 0. The largest absolute Gasteiger partial charge is 0.508 e. The Morgan fingerprint density at radius 3 is 2.56 bits per heavy atom. The Bertz CT molecular complexity index is 670. The van der Waals surface area contributed by atoms with Gasteiger partial charge in [0.15, 0.2) is 6.10 Å². The van der Waals surface area contributed by atoms with Crippen molar-refractivity contribution in [1.29, 1.82) is 0 Å². The third kappa shape index (κ3) is 3.42. The lowest BCUT2D eigenvalue weighted by molar-refractivity contribution is -0.271. The maximum Gasteiger partial charge on any atom is 0.420 e. The van der Waals surface area contributed by atoms with Gasteiger partial charge in [0.2, 0.25) is 0 Å². The van der Waals surface area contributed by atoms with Crippen molar-refractivity contribution in [3.8, 4) is 11.5 Å². The van der Waals surface area contributed by atoms with E-state index in [0.29, 0.717) is 18.7 Å². The Labute approximate surface area is 146 Å². The number of carbonyl (C=O) groups excluding carboxylic acids is 2. The topological polar surface area (TPSA) is 85.3 Å². The van der Waals surface area contributed by atoms with Gasteiger partial charge in [-0.3, -0.25) is 4.90 Å². The summed E-state index contributed by atoms with van der Waals surface area (Å²) in [5, 5.41) is 9.73. The fraction of sp³-hybridized carbons (Fsp3) is 0.556. The number of phenols is 1. The highest BCUT2D eigenvalue weighted by atomic mass is 16.8. The normalized spacial score (nSPS) is 24.8. The van der Waals surface area contributed by atoms with Gasteiger partial charge in [-0.25, -0.2) is 9.59 Å². The SMILES string of the molecule is CCCN(CCC)CC12OC(=O)C(=O)OC1Cc1ccc(O)cc1O2. The second-order valence-electron chi connectivity index (χ2n) is 6.47. The summed E-state index contributed by atoms with van der Waals surface area (Å²) in [5.41, 5.74) is 0.793. The number of esters is 2. The number of aromatic hydroxyl groups is 1. The molecule has 2 atom stereocenters. The first-order chi connectivity index (χ1) is 12.0. The predicted octanol–water partition coefficient (Wildman–Crippen LogP) is 1.61. The van der Waals surface area contributed by atoms with E-state index in [-0.39, 0.29) is 5.75 Å². The third-order valence-corrected chi connectivity index (χ3v) is 4.43. The van der Waals surface area contributed by atoms with E-state index in [9.17, 15) is 14.7 Å². The number of nitrogens with zero attached hydrogens (tertiary/aromatic N) is 1. The second kappa shape index (κ2) is 6.92. The Balaban J connectivity index is 1.95. The molecule has 2 aliphatic heterocycles. The molecule has 1 aromatic carbocycles. The predicted molar refractivity (Wildman–Crippen MR) is 88.2 cm³/mol. The molecular weight excluding hydrogens is 326 g/mol. The molecule has 0 saturated carbocycles. The maximum absolute atomic E-state index is 11.9. The number of benzene rings is 1. The van der Waals surface area contributed by atoms with Gasteiger partial charge in [0, 0.05) is 12.5 Å². The molecule has 1 aromatic rings. The standard InChI is InChI=1S/C18H23NO6/c1-3-7-19(8-4-2)11-18-15(23-16(21)17(22)25-18)9-12-5-6-13(20)10-14(12)24-18/h5-6,10,15,20H,3-4,7-9,11H2,1-2H3. The fourth-order valence-electron chi connectivity index (χ4n) is 3.39. The number of hydrogen-bond acceptors (Lipinski definition) is 7. The molecule has 0 aromatic heterocycles. The molecule has 7 nitrogen and oxygen atoms in total. The zero-order chi connectivity index (χ0) is 18.0. The molecule has 2 unspecified atom stereocenters. The van der Waals surface area contributed by atoms with Crippen molar-refractivity contribution in [2.75, 3.05) is 19.6 Å². The monoisotopic (exact) mass is 349 g/mol. The van der Waals surface area contributed by atoms with Crippen molar-refractivity contribution in [2.45, 2.75) is 45.0 Å². The summed E-state index contributed by atoms with van der Waals surface area (Å²) in [4.78, 5) is 25.7. The van der Waals surface area contributed by atoms with Gasteiger partial charge in [-0.2, -0.15) is 0 Å². The van der Waals surface area contributed by atoms with E-state index in [0.717, 1.165) is 31.5 Å². The molecule has 2 heterocycles. The quantitative estimate of drug-likeness (QED) is 0.617. The minimum atomic E-state index is -1.39. The fourth-order valence-corrected chi connectivity index (χ4v) is 3.39. The van der Waals surface area contributed by atoms with E-state index in [1.807, 2.05) is 0 Å². The molecule has 7 heteroatoms. The van der Waals surface area contributed by atoms with E-state index >= 15 is 0 Å². The highest BCUT2D eigenvalue weighted by Gasteiger charge is 2.56. The molecule has 1 N–H and O–H groups in total. The molecule has 0 spiro atoms. The molecule has 0 aliphatic carbocycles. The lowest BCUT2D eigenvalue weighted by atomic mass is 9.94. The van der Waals surface area contributed by atoms with Gasteiger partial charge in [0.25, 0.3) is 0 Å². The van der Waals surface area contributed by atoms with E-state index in [4.69, 9.17) is 14.2 Å². The second-order valence-corrected chi connectivity index (χ2v) is 6.47. The molecule has 3 rings (SSSR count). The van der Waals surface area contributed by atoms with Crippen LogP contribution < -0.4 is 4.74 Å². The van der Waals surface area contributed by atoms with Crippen LogP contribution in [-0.2, 0) is 25.5 Å². The Morgan fingerprint density at radius 2 is 1.88 bits per heavy atom. The first-order valence-electron chi connectivity index (χ1n) is 8.64. The van der Waals surface area contributed by atoms with Crippen LogP contribution in [0.15, 0.2) is 18.2 Å². The smallest absolute Gasteiger partial charge is 0.420 e. The van der Waals surface area contributed by atoms with E-state index in [2.05, 4.69) is 18.7 Å². The van der Waals surface area contributed by atoms with Gasteiger partial charge in [-0.05, 0) is 37.6 Å². The summed E-state index contributed by atoms with van der Waals surface area (Å²) in [7, 11) is 0. The van der Waals surface area contributed by atoms with E-state index in [1.54, 1.807) is 12.1 Å². The van der Waals surface area contributed by atoms with Crippen LogP contribution in [0.3, 0.4) is 0 Å². The van der Waals surface area contributed by atoms with Crippen molar-refractivity contribution in [1.82, 2.24) is 4.90 Å². The highest BCUT2D eigenvalue weighted by Crippen LogP contribution is 2.40. The first kappa shape index (κ1) is 17.5. The van der Waals surface area contributed by atoms with Crippen LogP contribution in [0.2, 0.25) is 0 Å². The van der Waals surface area contributed by atoms with Crippen molar-refractivity contribution in [2.24, 2.45) is 0 Å². The first-order valence-corrected chi connectivity index (χ1v) is 8.64. The average Bonchev–Trinajstić information content (AvgIpc) is 2.55. The molecule has 0 amide bonds. The summed E-state index contributed by atoms with van der Waals surface area (Å²) in [6.45, 7) is 6.06. The van der Waals surface area contributed by atoms with Crippen molar-refractivity contribution >= 4 is 11.9 Å². The van der Waals surface area contributed by atoms with Gasteiger partial charge >= 0.3 is 17.7 Å². The number of ether oxygens (including phenoxy) is 3. The van der Waals surface area contributed by atoms with Crippen LogP contribution in [0.25, 0.3) is 0 Å². The number of carbonyl (C=O) groups is 2. The zero-order valence-corrected chi connectivity index (χ0v) is 14.5. The maximum atomic E-state index is 11.9. The van der Waals surface area contributed by atoms with E-state index in [1.165, 1.54) is 6.07 Å². The Kier molecular flexibility index (Phi) is 4.85. The van der Waals surface area contributed by atoms with Crippen LogP contribution >= 0.6 is 0 Å². The molecule has 25 heavy (non-hydrogen) atoms. The molecule has 2 aliphatic rings. The van der Waals surface area contributed by atoms with E-state index < -0.39 is 23.8 Å².